The number of aryl methyl sites for hydroxylation is 1. The molecule has 0 spiro atoms. The van der Waals surface area contributed by atoms with Crippen LogP contribution in [0, 0.1) is 0 Å². The van der Waals surface area contributed by atoms with Crippen LogP contribution in [-0.4, -0.2) is 62.4 Å². The van der Waals surface area contributed by atoms with Crippen LogP contribution in [0.25, 0.3) is 10.9 Å². The first-order chi connectivity index (χ1) is 16.7. The van der Waals surface area contributed by atoms with Gasteiger partial charge in [0.2, 0.25) is 5.95 Å². The van der Waals surface area contributed by atoms with Crippen LogP contribution in [0.2, 0.25) is 5.02 Å². The Kier molecular flexibility index (Phi) is 7.67. The number of halogens is 2. The zero-order valence-corrected chi connectivity index (χ0v) is 22.8. The van der Waals surface area contributed by atoms with Crippen LogP contribution in [0.1, 0.15) is 13.8 Å². The van der Waals surface area contributed by atoms with Crippen molar-refractivity contribution in [3.63, 3.8) is 0 Å². The zero-order chi connectivity index (χ0) is 25.3. The van der Waals surface area contributed by atoms with Gasteiger partial charge in [0, 0.05) is 73.2 Å². The minimum atomic E-state index is -0.319. The van der Waals surface area contributed by atoms with Crippen molar-refractivity contribution in [1.82, 2.24) is 23.0 Å². The number of ether oxygens (including phenoxy) is 1. The van der Waals surface area contributed by atoms with E-state index in [1.807, 2.05) is 18.2 Å². The maximum Gasteiger partial charge on any atom is 0.293 e. The molecule has 1 aromatic carbocycles. The topological polar surface area (TPSA) is 105 Å². The van der Waals surface area contributed by atoms with Crippen LogP contribution >= 0.6 is 34.5 Å². The summed E-state index contributed by atoms with van der Waals surface area (Å²) in [6.07, 6.45) is 1.60. The van der Waals surface area contributed by atoms with Crippen LogP contribution in [0.4, 0.5) is 17.5 Å². The molecule has 3 heterocycles. The highest BCUT2D eigenvalue weighted by Gasteiger charge is 2.29. The Balaban J connectivity index is 1.61. The molecule has 0 radical (unpaired) electrons. The number of amides is 1. The molecule has 1 aliphatic rings. The van der Waals surface area contributed by atoms with Crippen molar-refractivity contribution >= 4 is 68.7 Å². The Labute approximate surface area is 222 Å². The van der Waals surface area contributed by atoms with Gasteiger partial charge in [0.1, 0.15) is 5.02 Å². The molecule has 3 aromatic rings. The van der Waals surface area contributed by atoms with E-state index in [4.69, 9.17) is 21.3 Å². The number of piperazine rings is 1. The van der Waals surface area contributed by atoms with Crippen LogP contribution in [-0.2, 0) is 11.8 Å². The molecule has 1 amide bonds. The second-order valence-corrected chi connectivity index (χ2v) is 10.1. The number of benzene rings is 1. The molecule has 12 heteroatoms. The number of aromatic nitrogens is 3. The van der Waals surface area contributed by atoms with Crippen molar-refractivity contribution in [3.8, 4) is 5.75 Å². The summed E-state index contributed by atoms with van der Waals surface area (Å²) in [7, 11) is 3.17. The summed E-state index contributed by atoms with van der Waals surface area (Å²) in [6, 6.07) is 7.91. The molecule has 186 valence electrons. The van der Waals surface area contributed by atoms with Gasteiger partial charge in [-0.25, -0.2) is 8.10 Å². The fourth-order valence-corrected chi connectivity index (χ4v) is 4.54. The Hall–Kier alpha value is -2.64. The summed E-state index contributed by atoms with van der Waals surface area (Å²) in [5.41, 5.74) is 1.14. The number of carbonyl (C=O) groups excluding carboxylic acids is 1. The maximum absolute atomic E-state index is 12.6. The second kappa shape index (κ2) is 10.5. The predicted octanol–water partition coefficient (Wildman–Crippen LogP) is 3.10. The molecule has 1 fully saturated rings. The number of likely N-dealkylation sites (N-methyl/N-ethyl adjacent to an activating group) is 1. The fraction of sp³-hybridized carbons (Fsp3) is 0.391. The third kappa shape index (κ3) is 5.46. The van der Waals surface area contributed by atoms with E-state index < -0.39 is 0 Å². The van der Waals surface area contributed by atoms with Gasteiger partial charge in [0.05, 0.1) is 11.7 Å². The molecule has 2 N–H and O–H groups in total. The number of carbonyl (C=O) groups is 1. The van der Waals surface area contributed by atoms with E-state index >= 15 is 0 Å². The average molecular weight is 612 g/mol. The van der Waals surface area contributed by atoms with Crippen molar-refractivity contribution in [1.29, 1.82) is 0 Å². The molecule has 4 rings (SSSR count). The third-order valence-corrected chi connectivity index (χ3v) is 8.10. The Morgan fingerprint density at radius 3 is 2.66 bits per heavy atom. The van der Waals surface area contributed by atoms with Crippen molar-refractivity contribution < 1.29 is 9.53 Å². The summed E-state index contributed by atoms with van der Waals surface area (Å²) in [5, 5.41) is 6.90. The minimum absolute atomic E-state index is 0.0979. The number of rotatable bonds is 6. The second-order valence-electron chi connectivity index (χ2n) is 8.55. The molecule has 10 nitrogen and oxygen atoms in total. The fourth-order valence-electron chi connectivity index (χ4n) is 4.05. The highest BCUT2D eigenvalue weighted by Crippen LogP contribution is 2.29. The lowest BCUT2D eigenvalue weighted by Gasteiger charge is -2.40. The molecule has 0 saturated carbocycles. The number of hydrogen-bond acceptors (Lipinski definition) is 8. The van der Waals surface area contributed by atoms with Crippen LogP contribution in [0.15, 0.2) is 35.3 Å². The van der Waals surface area contributed by atoms with Gasteiger partial charge in [-0.05, 0) is 38.1 Å². The summed E-state index contributed by atoms with van der Waals surface area (Å²) in [6.45, 7) is 5.75. The number of anilines is 3. The maximum atomic E-state index is 12.6. The quantitative estimate of drug-likeness (QED) is 0.324. The van der Waals surface area contributed by atoms with Gasteiger partial charge in [0.15, 0.2) is 18.2 Å². The predicted molar refractivity (Wildman–Crippen MR) is 146 cm³/mol. The molecule has 35 heavy (non-hydrogen) atoms. The zero-order valence-electron chi connectivity index (χ0n) is 19.9. The summed E-state index contributed by atoms with van der Waals surface area (Å²) >= 11 is 8.79. The first-order valence-corrected chi connectivity index (χ1v) is 12.5. The number of nitrogens with one attached hydrogen (secondary N) is 2. The SMILES string of the molecule is CNC(=O)COc1cc2cc(Nc3nc(N4C[C@@H](C)N(I)[C@@H](C)C4)ncc3Cl)ccc2n(C)c1=O. The van der Waals surface area contributed by atoms with Crippen molar-refractivity contribution in [2.75, 3.05) is 37.0 Å². The largest absolute Gasteiger partial charge is 0.478 e. The van der Waals surface area contributed by atoms with Gasteiger partial charge in [-0.1, -0.05) is 11.6 Å². The van der Waals surface area contributed by atoms with E-state index in [0.29, 0.717) is 28.9 Å². The highest BCUT2D eigenvalue weighted by molar-refractivity contribution is 14.1. The average Bonchev–Trinajstić information content (AvgIpc) is 2.84. The molecule has 0 unspecified atom stereocenters. The van der Waals surface area contributed by atoms with E-state index in [2.05, 4.69) is 60.3 Å². The first-order valence-electron chi connectivity index (χ1n) is 11.1. The summed E-state index contributed by atoms with van der Waals surface area (Å²) < 4.78 is 9.25. The number of hydrogen-bond donors (Lipinski definition) is 2. The smallest absolute Gasteiger partial charge is 0.293 e. The van der Waals surface area contributed by atoms with Gasteiger partial charge in [-0.3, -0.25) is 9.59 Å². The molecule has 1 saturated heterocycles. The molecule has 0 bridgehead atoms. The number of nitrogens with zero attached hydrogens (tertiary/aromatic N) is 5. The molecule has 1 aliphatic heterocycles. The molecule has 2 atom stereocenters. The normalized spacial score (nSPS) is 18.5. The van der Waals surface area contributed by atoms with Crippen LogP contribution < -0.4 is 25.8 Å². The standard InChI is InChI=1S/C23H27ClIN7O3/c1-13-10-31(11-14(2)32(13)25)23-27-9-17(24)21(29-23)28-16-5-6-18-15(7-16)8-19(22(34)30(18)4)35-12-20(33)26-3/h5-9,13-14H,10-12H2,1-4H3,(H,26,33)(H,27,28,29)/t13-,14+. The van der Waals surface area contributed by atoms with Crippen LogP contribution in [0.5, 0.6) is 5.75 Å². The van der Waals surface area contributed by atoms with Gasteiger partial charge in [-0.2, -0.15) is 4.98 Å². The number of fused-ring (bicyclic) bond motifs is 1. The third-order valence-electron chi connectivity index (χ3n) is 5.92. The highest BCUT2D eigenvalue weighted by atomic mass is 127. The van der Waals surface area contributed by atoms with Crippen molar-refractivity contribution in [2.45, 2.75) is 25.9 Å². The van der Waals surface area contributed by atoms with E-state index in [-0.39, 0.29) is 23.8 Å². The van der Waals surface area contributed by atoms with E-state index in [1.165, 1.54) is 11.6 Å². The van der Waals surface area contributed by atoms with Crippen molar-refractivity contribution in [3.05, 3.63) is 45.8 Å². The lowest BCUT2D eigenvalue weighted by molar-refractivity contribution is -0.122. The van der Waals surface area contributed by atoms with Gasteiger partial charge >= 0.3 is 0 Å². The Bertz CT molecular complexity index is 1310. The molecule has 0 aliphatic carbocycles. The monoisotopic (exact) mass is 611 g/mol. The van der Waals surface area contributed by atoms with Crippen molar-refractivity contribution in [2.24, 2.45) is 7.05 Å². The van der Waals surface area contributed by atoms with E-state index in [1.54, 1.807) is 19.3 Å². The minimum Gasteiger partial charge on any atom is -0.478 e. The van der Waals surface area contributed by atoms with E-state index in [9.17, 15) is 9.59 Å². The number of pyridine rings is 1. The van der Waals surface area contributed by atoms with Gasteiger partial charge < -0.3 is 24.8 Å². The molecule has 2 aromatic heterocycles. The van der Waals surface area contributed by atoms with E-state index in [0.717, 1.165) is 29.7 Å². The Morgan fingerprint density at radius 2 is 1.97 bits per heavy atom. The lowest BCUT2D eigenvalue weighted by atomic mass is 10.1. The van der Waals surface area contributed by atoms with Crippen LogP contribution in [0.3, 0.4) is 0 Å². The molecular formula is C23H27ClIN7O3. The lowest BCUT2D eigenvalue weighted by Crippen LogP contribution is -2.53. The summed E-state index contributed by atoms with van der Waals surface area (Å²) in [5.74, 6) is 0.892. The van der Waals surface area contributed by atoms with Gasteiger partial charge in [-0.15, -0.1) is 0 Å². The molecular weight excluding hydrogens is 585 g/mol. The Morgan fingerprint density at radius 1 is 1.26 bits per heavy atom. The first kappa shape index (κ1) is 25.5. The summed E-state index contributed by atoms with van der Waals surface area (Å²) in [4.78, 5) is 35.5. The van der Waals surface area contributed by atoms with Gasteiger partial charge in [0.25, 0.3) is 11.5 Å².